The SMILES string of the molecule is CNC(=O)c1cncc(NS(=O)(=O)c2cc(OC)ccc2OC)c1. The molecule has 2 rings (SSSR count). The highest BCUT2D eigenvalue weighted by molar-refractivity contribution is 7.92. The number of carbonyl (C=O) groups is 1. The van der Waals surface area contributed by atoms with Crippen LogP contribution in [0.5, 0.6) is 11.5 Å². The lowest BCUT2D eigenvalue weighted by Crippen LogP contribution is -2.19. The molecule has 0 fully saturated rings. The van der Waals surface area contributed by atoms with Gasteiger partial charge in [0.25, 0.3) is 15.9 Å². The summed E-state index contributed by atoms with van der Waals surface area (Å²) in [5.41, 5.74) is 0.385. The van der Waals surface area contributed by atoms with Crippen molar-refractivity contribution in [3.63, 3.8) is 0 Å². The predicted molar refractivity (Wildman–Crippen MR) is 88.0 cm³/mol. The lowest BCUT2D eigenvalue weighted by Gasteiger charge is -2.13. The molecule has 0 unspecified atom stereocenters. The Morgan fingerprint density at radius 3 is 2.50 bits per heavy atom. The fraction of sp³-hybridized carbons (Fsp3) is 0.200. The van der Waals surface area contributed by atoms with Crippen LogP contribution in [0.3, 0.4) is 0 Å². The van der Waals surface area contributed by atoms with E-state index in [9.17, 15) is 13.2 Å². The number of amides is 1. The third-order valence-electron chi connectivity index (χ3n) is 3.14. The van der Waals surface area contributed by atoms with Gasteiger partial charge in [0.2, 0.25) is 0 Å². The molecule has 1 amide bonds. The first-order chi connectivity index (χ1) is 11.4. The molecule has 0 aliphatic heterocycles. The highest BCUT2D eigenvalue weighted by Crippen LogP contribution is 2.29. The van der Waals surface area contributed by atoms with Gasteiger partial charge in [-0.1, -0.05) is 0 Å². The minimum absolute atomic E-state index is 0.0882. The summed E-state index contributed by atoms with van der Waals surface area (Å²) in [7, 11) is 0.310. The normalized spacial score (nSPS) is 10.8. The summed E-state index contributed by atoms with van der Waals surface area (Å²) in [5, 5.41) is 2.44. The highest BCUT2D eigenvalue weighted by Gasteiger charge is 2.21. The summed E-state index contributed by atoms with van der Waals surface area (Å²) in [6.07, 6.45) is 2.64. The molecule has 0 saturated carbocycles. The molecule has 128 valence electrons. The average molecular weight is 351 g/mol. The van der Waals surface area contributed by atoms with Gasteiger partial charge < -0.3 is 14.8 Å². The van der Waals surface area contributed by atoms with Crippen molar-refractivity contribution in [2.24, 2.45) is 0 Å². The lowest BCUT2D eigenvalue weighted by atomic mass is 10.2. The van der Waals surface area contributed by atoms with Crippen LogP contribution in [0, 0.1) is 0 Å². The highest BCUT2D eigenvalue weighted by atomic mass is 32.2. The topological polar surface area (TPSA) is 107 Å². The molecule has 1 aromatic heterocycles. The maximum Gasteiger partial charge on any atom is 0.265 e. The van der Waals surface area contributed by atoms with Gasteiger partial charge in [0.1, 0.15) is 16.4 Å². The van der Waals surface area contributed by atoms with Crippen molar-refractivity contribution in [3.05, 3.63) is 42.2 Å². The molecule has 0 spiro atoms. The number of carbonyl (C=O) groups excluding carboxylic acids is 1. The second kappa shape index (κ2) is 7.18. The Morgan fingerprint density at radius 2 is 1.88 bits per heavy atom. The van der Waals surface area contributed by atoms with Crippen LogP contribution in [0.15, 0.2) is 41.6 Å². The van der Waals surface area contributed by atoms with Gasteiger partial charge in [-0.05, 0) is 18.2 Å². The second-order valence-electron chi connectivity index (χ2n) is 4.66. The van der Waals surface area contributed by atoms with Gasteiger partial charge in [0.15, 0.2) is 0 Å². The number of anilines is 1. The fourth-order valence-electron chi connectivity index (χ4n) is 1.97. The smallest absolute Gasteiger partial charge is 0.265 e. The monoisotopic (exact) mass is 351 g/mol. The number of benzene rings is 1. The van der Waals surface area contributed by atoms with Crippen LogP contribution in [-0.2, 0) is 10.0 Å². The number of sulfonamides is 1. The number of nitrogens with one attached hydrogen (secondary N) is 2. The Bertz CT molecular complexity index is 852. The van der Waals surface area contributed by atoms with E-state index in [2.05, 4.69) is 15.0 Å². The molecular weight excluding hydrogens is 334 g/mol. The maximum atomic E-state index is 12.6. The van der Waals surface area contributed by atoms with Gasteiger partial charge >= 0.3 is 0 Å². The third-order valence-corrected chi connectivity index (χ3v) is 4.54. The lowest BCUT2D eigenvalue weighted by molar-refractivity contribution is 0.0962. The Labute approximate surface area is 139 Å². The largest absolute Gasteiger partial charge is 0.497 e. The molecule has 2 aromatic rings. The molecule has 2 N–H and O–H groups in total. The zero-order valence-electron chi connectivity index (χ0n) is 13.4. The van der Waals surface area contributed by atoms with Gasteiger partial charge in [-0.2, -0.15) is 0 Å². The van der Waals surface area contributed by atoms with Crippen molar-refractivity contribution in [2.45, 2.75) is 4.90 Å². The van der Waals surface area contributed by atoms with Crippen LogP contribution in [0.2, 0.25) is 0 Å². The van der Waals surface area contributed by atoms with Gasteiger partial charge in [-0.25, -0.2) is 8.42 Å². The summed E-state index contributed by atoms with van der Waals surface area (Å²) in [6, 6.07) is 5.81. The molecule has 0 atom stereocenters. The molecule has 24 heavy (non-hydrogen) atoms. The van der Waals surface area contributed by atoms with Crippen molar-refractivity contribution in [3.8, 4) is 11.5 Å². The van der Waals surface area contributed by atoms with Gasteiger partial charge in [-0.3, -0.25) is 14.5 Å². The first-order valence-corrected chi connectivity index (χ1v) is 8.31. The zero-order chi connectivity index (χ0) is 17.7. The fourth-order valence-corrected chi connectivity index (χ4v) is 3.19. The van der Waals surface area contributed by atoms with Crippen LogP contribution in [0.4, 0.5) is 5.69 Å². The molecule has 0 aliphatic rings. The Morgan fingerprint density at radius 1 is 1.12 bits per heavy atom. The Kier molecular flexibility index (Phi) is 5.24. The summed E-state index contributed by atoms with van der Waals surface area (Å²) in [6.45, 7) is 0. The number of rotatable bonds is 6. The molecule has 8 nitrogen and oxygen atoms in total. The van der Waals surface area contributed by atoms with Crippen molar-refractivity contribution in [2.75, 3.05) is 26.0 Å². The molecule has 0 bridgehead atoms. The van der Waals surface area contributed by atoms with E-state index in [4.69, 9.17) is 9.47 Å². The first-order valence-electron chi connectivity index (χ1n) is 6.83. The van der Waals surface area contributed by atoms with E-state index in [0.29, 0.717) is 5.75 Å². The zero-order valence-corrected chi connectivity index (χ0v) is 14.2. The molecule has 1 aromatic carbocycles. The van der Waals surface area contributed by atoms with Crippen LogP contribution >= 0.6 is 0 Å². The first kappa shape index (κ1) is 17.5. The molecular formula is C15H17N3O5S. The summed E-state index contributed by atoms with van der Waals surface area (Å²) >= 11 is 0. The van der Waals surface area contributed by atoms with Gasteiger partial charge in [0, 0.05) is 19.3 Å². The predicted octanol–water partition coefficient (Wildman–Crippen LogP) is 1.26. The Balaban J connectivity index is 2.40. The van der Waals surface area contributed by atoms with Crippen molar-refractivity contribution < 1.29 is 22.7 Å². The van der Waals surface area contributed by atoms with Crippen molar-refractivity contribution >= 4 is 21.6 Å². The quantitative estimate of drug-likeness (QED) is 0.811. The second-order valence-corrected chi connectivity index (χ2v) is 6.31. The molecule has 0 saturated heterocycles. The standard InChI is InChI=1S/C15H17N3O5S/c1-16-15(19)10-6-11(9-17-8-10)18-24(20,21)14-7-12(22-2)4-5-13(14)23-3/h4-9,18H,1-3H3,(H,16,19). The van der Waals surface area contributed by atoms with E-state index in [1.807, 2.05) is 0 Å². The Hall–Kier alpha value is -2.81. The van der Waals surface area contributed by atoms with Crippen LogP contribution in [0.1, 0.15) is 10.4 Å². The van der Waals surface area contributed by atoms with Crippen LogP contribution in [0.25, 0.3) is 0 Å². The minimum Gasteiger partial charge on any atom is -0.497 e. The number of hydrogen-bond donors (Lipinski definition) is 2. The van der Waals surface area contributed by atoms with E-state index >= 15 is 0 Å². The maximum absolute atomic E-state index is 12.6. The van der Waals surface area contributed by atoms with Gasteiger partial charge in [0.05, 0.1) is 31.7 Å². The number of ether oxygens (including phenoxy) is 2. The third kappa shape index (κ3) is 3.74. The average Bonchev–Trinajstić information content (AvgIpc) is 2.60. The van der Waals surface area contributed by atoms with E-state index < -0.39 is 10.0 Å². The number of nitrogens with zero attached hydrogens (tertiary/aromatic N) is 1. The molecule has 0 aliphatic carbocycles. The summed E-state index contributed by atoms with van der Waals surface area (Å²) in [5.74, 6) is 0.162. The van der Waals surface area contributed by atoms with Crippen molar-refractivity contribution in [1.29, 1.82) is 0 Å². The van der Waals surface area contributed by atoms with Crippen molar-refractivity contribution in [1.82, 2.24) is 10.3 Å². The molecule has 9 heteroatoms. The number of hydrogen-bond acceptors (Lipinski definition) is 6. The van der Waals surface area contributed by atoms with E-state index in [0.717, 1.165) is 0 Å². The summed E-state index contributed by atoms with van der Waals surface area (Å²) < 4.78 is 37.8. The van der Waals surface area contributed by atoms with E-state index in [1.165, 1.54) is 51.9 Å². The number of pyridine rings is 1. The molecule has 1 heterocycles. The summed E-state index contributed by atoms with van der Waals surface area (Å²) in [4.78, 5) is 15.4. The van der Waals surface area contributed by atoms with Crippen LogP contribution < -0.4 is 19.5 Å². The molecule has 0 radical (unpaired) electrons. The number of aromatic nitrogens is 1. The van der Waals surface area contributed by atoms with E-state index in [1.54, 1.807) is 6.07 Å². The number of methoxy groups -OCH3 is 2. The van der Waals surface area contributed by atoms with E-state index in [-0.39, 0.29) is 27.8 Å². The minimum atomic E-state index is -3.96. The van der Waals surface area contributed by atoms with Crippen LogP contribution in [-0.4, -0.2) is 40.6 Å². The van der Waals surface area contributed by atoms with Gasteiger partial charge in [-0.15, -0.1) is 0 Å².